The summed E-state index contributed by atoms with van der Waals surface area (Å²) in [6.45, 7) is 8.70. The van der Waals surface area contributed by atoms with Gasteiger partial charge in [0.25, 0.3) is 11.5 Å². The molecular formula is C29H29N3O4S. The maximum Gasteiger partial charge on any atom is 0.271 e. The van der Waals surface area contributed by atoms with Crippen molar-refractivity contribution < 1.29 is 13.9 Å². The average molecular weight is 516 g/mol. The Labute approximate surface area is 218 Å². The van der Waals surface area contributed by atoms with Crippen LogP contribution in [0.25, 0.3) is 16.8 Å². The summed E-state index contributed by atoms with van der Waals surface area (Å²) in [5.41, 5.74) is 1.62. The molecule has 0 N–H and O–H groups in total. The van der Waals surface area contributed by atoms with E-state index >= 15 is 0 Å². The normalized spacial score (nSPS) is 15.6. The monoisotopic (exact) mass is 515 g/mol. The second-order valence-electron chi connectivity index (χ2n) is 8.91. The highest BCUT2D eigenvalue weighted by molar-refractivity contribution is 7.07. The van der Waals surface area contributed by atoms with Crippen LogP contribution in [-0.4, -0.2) is 35.6 Å². The first-order chi connectivity index (χ1) is 17.9. The highest BCUT2D eigenvalue weighted by Crippen LogP contribution is 2.40. The van der Waals surface area contributed by atoms with Gasteiger partial charge < -0.3 is 14.1 Å². The molecule has 3 heterocycles. The highest BCUT2D eigenvalue weighted by atomic mass is 32.1. The number of aryl methyl sites for hydroxylation is 1. The first-order valence-corrected chi connectivity index (χ1v) is 13.1. The second kappa shape index (κ2) is 9.86. The van der Waals surface area contributed by atoms with Gasteiger partial charge in [-0.2, -0.15) is 0 Å². The maximum absolute atomic E-state index is 14.0. The predicted molar refractivity (Wildman–Crippen MR) is 146 cm³/mol. The molecule has 0 bridgehead atoms. The third-order valence-electron chi connectivity index (χ3n) is 6.76. The Morgan fingerprint density at radius 3 is 2.57 bits per heavy atom. The van der Waals surface area contributed by atoms with Gasteiger partial charge in [-0.3, -0.25) is 14.2 Å². The first kappa shape index (κ1) is 24.8. The van der Waals surface area contributed by atoms with Crippen molar-refractivity contribution in [1.29, 1.82) is 0 Å². The van der Waals surface area contributed by atoms with Crippen molar-refractivity contribution >= 4 is 34.1 Å². The lowest BCUT2D eigenvalue weighted by Crippen LogP contribution is -2.43. The van der Waals surface area contributed by atoms with Crippen LogP contribution in [0.3, 0.4) is 0 Å². The zero-order chi connectivity index (χ0) is 26.3. The average Bonchev–Trinajstić information content (AvgIpc) is 3.45. The van der Waals surface area contributed by atoms with Gasteiger partial charge in [-0.25, -0.2) is 4.99 Å². The van der Waals surface area contributed by atoms with Crippen LogP contribution in [0.15, 0.2) is 74.0 Å². The first-order valence-electron chi connectivity index (χ1n) is 12.3. The minimum atomic E-state index is -0.703. The number of amides is 1. The van der Waals surface area contributed by atoms with Crippen LogP contribution in [0.5, 0.6) is 5.75 Å². The molecule has 37 heavy (non-hydrogen) atoms. The number of ether oxygens (including phenoxy) is 1. The lowest BCUT2D eigenvalue weighted by atomic mass is 9.90. The molecule has 1 amide bonds. The van der Waals surface area contributed by atoms with Crippen LogP contribution in [-0.2, 0) is 4.79 Å². The molecule has 0 saturated carbocycles. The molecule has 7 nitrogen and oxygen atoms in total. The van der Waals surface area contributed by atoms with Crippen molar-refractivity contribution in [3.8, 4) is 5.75 Å². The molecular weight excluding hydrogens is 486 g/mol. The van der Waals surface area contributed by atoms with Gasteiger partial charge in [0.1, 0.15) is 23.3 Å². The minimum Gasteiger partial charge on any atom is -0.496 e. The number of likely N-dealkylation sites (N-methyl/N-ethyl adjacent to an activating group) is 1. The summed E-state index contributed by atoms with van der Waals surface area (Å²) in [6, 6.07) is 14.8. The van der Waals surface area contributed by atoms with Crippen molar-refractivity contribution in [1.82, 2.24) is 9.47 Å². The molecule has 0 saturated heterocycles. The van der Waals surface area contributed by atoms with Gasteiger partial charge in [-0.05, 0) is 56.7 Å². The summed E-state index contributed by atoms with van der Waals surface area (Å²) in [5, 5.41) is 1.92. The molecule has 8 heteroatoms. The molecule has 5 rings (SSSR count). The summed E-state index contributed by atoms with van der Waals surface area (Å²) >= 11 is 1.29. The van der Waals surface area contributed by atoms with Crippen molar-refractivity contribution in [2.75, 3.05) is 20.2 Å². The molecule has 2 aromatic heterocycles. The van der Waals surface area contributed by atoms with Crippen LogP contribution < -0.4 is 19.6 Å². The van der Waals surface area contributed by atoms with Crippen molar-refractivity contribution in [2.45, 2.75) is 33.7 Å². The van der Waals surface area contributed by atoms with E-state index in [4.69, 9.17) is 14.1 Å². The fourth-order valence-corrected chi connectivity index (χ4v) is 5.97. The van der Waals surface area contributed by atoms with Crippen molar-refractivity contribution in [3.63, 3.8) is 0 Å². The smallest absolute Gasteiger partial charge is 0.271 e. The van der Waals surface area contributed by atoms with Crippen LogP contribution >= 0.6 is 11.3 Å². The van der Waals surface area contributed by atoms with Crippen LogP contribution in [0, 0.1) is 6.92 Å². The number of furan rings is 1. The number of aromatic nitrogens is 1. The van der Waals surface area contributed by atoms with Gasteiger partial charge in [-0.1, -0.05) is 41.7 Å². The van der Waals surface area contributed by atoms with Crippen LogP contribution in [0.2, 0.25) is 0 Å². The van der Waals surface area contributed by atoms with Gasteiger partial charge >= 0.3 is 0 Å². The number of hydrogen-bond donors (Lipinski definition) is 0. The standard InChI is InChI=1S/C29H29N3O4S/c1-6-31(7-2)28(34)24-18(4)30-29-32(27(33)23(37-29)16-20-14-12-17(3)36-20)26(24)25-21-11-9-8-10-19(21)13-15-22(25)35-5/h8-16,26H,6-7H2,1-5H3/b23-16+/t26-/m0/s1. The number of methoxy groups -OCH3 is 1. The third kappa shape index (κ3) is 4.21. The third-order valence-corrected chi connectivity index (χ3v) is 7.74. The Hall–Kier alpha value is -3.91. The summed E-state index contributed by atoms with van der Waals surface area (Å²) in [4.78, 5) is 35.0. The molecule has 2 aromatic carbocycles. The number of fused-ring (bicyclic) bond motifs is 2. The van der Waals surface area contributed by atoms with E-state index in [2.05, 4.69) is 0 Å². The lowest BCUT2D eigenvalue weighted by Gasteiger charge is -2.30. The summed E-state index contributed by atoms with van der Waals surface area (Å²) in [7, 11) is 1.61. The van der Waals surface area contributed by atoms with E-state index in [1.54, 1.807) is 22.7 Å². The van der Waals surface area contributed by atoms with E-state index in [0.717, 1.165) is 22.1 Å². The molecule has 4 aromatic rings. The zero-order valence-corrected chi connectivity index (χ0v) is 22.4. The Morgan fingerprint density at radius 2 is 1.89 bits per heavy atom. The Morgan fingerprint density at radius 1 is 1.14 bits per heavy atom. The zero-order valence-electron chi connectivity index (χ0n) is 21.6. The predicted octanol–water partition coefficient (Wildman–Crippen LogP) is 4.17. The molecule has 0 aliphatic carbocycles. The number of nitrogens with zero attached hydrogens (tertiary/aromatic N) is 3. The molecule has 1 aliphatic heterocycles. The van der Waals surface area contributed by atoms with E-state index in [0.29, 0.717) is 45.2 Å². The minimum absolute atomic E-state index is 0.137. The molecule has 1 atom stereocenters. The number of allylic oxidation sites excluding steroid dienone is 1. The largest absolute Gasteiger partial charge is 0.496 e. The Balaban J connectivity index is 1.86. The van der Waals surface area contributed by atoms with Gasteiger partial charge in [0.2, 0.25) is 0 Å². The van der Waals surface area contributed by atoms with Crippen LogP contribution in [0.1, 0.15) is 43.9 Å². The SMILES string of the molecule is CCN(CC)C(=O)C1=C(C)N=c2s/c(=C/c3ccc(C)o3)c(=O)n2[C@@H]1c1c(OC)ccc2ccccc12. The number of thiazole rings is 1. The van der Waals surface area contributed by atoms with E-state index in [-0.39, 0.29) is 11.5 Å². The molecule has 0 fully saturated rings. The quantitative estimate of drug-likeness (QED) is 0.386. The van der Waals surface area contributed by atoms with Crippen molar-refractivity contribution in [2.24, 2.45) is 4.99 Å². The summed E-state index contributed by atoms with van der Waals surface area (Å²) in [5.74, 6) is 1.83. The van der Waals surface area contributed by atoms with Gasteiger partial charge in [0.15, 0.2) is 4.80 Å². The number of benzene rings is 2. The van der Waals surface area contributed by atoms with Gasteiger partial charge in [-0.15, -0.1) is 0 Å². The molecule has 1 aliphatic rings. The Kier molecular flexibility index (Phi) is 6.60. The van der Waals surface area contributed by atoms with E-state index in [1.807, 2.05) is 76.2 Å². The second-order valence-corrected chi connectivity index (χ2v) is 9.92. The van der Waals surface area contributed by atoms with E-state index < -0.39 is 6.04 Å². The molecule has 0 unspecified atom stereocenters. The number of carbonyl (C=O) groups is 1. The van der Waals surface area contributed by atoms with Crippen molar-refractivity contribution in [3.05, 3.63) is 96.6 Å². The van der Waals surface area contributed by atoms with Crippen LogP contribution in [0.4, 0.5) is 0 Å². The number of rotatable bonds is 6. The van der Waals surface area contributed by atoms with Gasteiger partial charge in [0.05, 0.1) is 22.9 Å². The number of hydrogen-bond acceptors (Lipinski definition) is 6. The highest BCUT2D eigenvalue weighted by Gasteiger charge is 2.36. The Bertz CT molecular complexity index is 1720. The summed E-state index contributed by atoms with van der Waals surface area (Å²) in [6.07, 6.45) is 1.74. The van der Waals surface area contributed by atoms with Gasteiger partial charge in [0, 0.05) is 24.7 Å². The fraction of sp³-hybridized carbons (Fsp3) is 0.276. The molecule has 0 spiro atoms. The number of carbonyl (C=O) groups excluding carboxylic acids is 1. The van der Waals surface area contributed by atoms with E-state index in [1.165, 1.54) is 11.3 Å². The fourth-order valence-electron chi connectivity index (χ4n) is 4.95. The lowest BCUT2D eigenvalue weighted by molar-refractivity contribution is -0.127. The molecule has 190 valence electrons. The topological polar surface area (TPSA) is 77.0 Å². The van der Waals surface area contributed by atoms with E-state index in [9.17, 15) is 9.59 Å². The maximum atomic E-state index is 14.0. The summed E-state index contributed by atoms with van der Waals surface area (Å²) < 4.78 is 13.7. The molecule has 0 radical (unpaired) electrons.